The summed E-state index contributed by atoms with van der Waals surface area (Å²) >= 11 is 0. The molecule has 0 aliphatic heterocycles. The molecule has 1 nitrogen and oxygen atoms in total. The minimum Gasteiger partial charge on any atom is -0.327 e. The summed E-state index contributed by atoms with van der Waals surface area (Å²) < 4.78 is 0. The maximum Gasteiger partial charge on any atom is 0.0104 e. The smallest absolute Gasteiger partial charge is 0.0104 e. The zero-order valence-corrected chi connectivity index (χ0v) is 5.79. The van der Waals surface area contributed by atoms with Gasteiger partial charge in [-0.3, -0.25) is 0 Å². The summed E-state index contributed by atoms with van der Waals surface area (Å²) in [6.45, 7) is 10.4. The molecule has 0 bridgehead atoms. The van der Waals surface area contributed by atoms with E-state index in [0.717, 1.165) is 0 Å². The van der Waals surface area contributed by atoms with Crippen molar-refractivity contribution in [1.29, 1.82) is 0 Å². The summed E-state index contributed by atoms with van der Waals surface area (Å²) in [6, 6.07) is 0. The molecule has 0 spiro atoms. The first-order valence-corrected chi connectivity index (χ1v) is 2.04. The van der Waals surface area contributed by atoms with Gasteiger partial charge in [0, 0.05) is 6.54 Å². The van der Waals surface area contributed by atoms with Gasteiger partial charge in [0.2, 0.25) is 0 Å². The number of halogens is 1. The van der Waals surface area contributed by atoms with E-state index in [4.69, 9.17) is 5.73 Å². The Bertz CT molecular complexity index is 43.8. The third-order valence-electron chi connectivity index (χ3n) is 0.167. The Labute approximate surface area is 57.7 Å². The maximum absolute atomic E-state index is 4.91. The molecule has 0 unspecified atom stereocenters. The van der Waals surface area contributed by atoms with E-state index in [0.29, 0.717) is 6.54 Å². The first kappa shape index (κ1) is 15.6. The van der Waals surface area contributed by atoms with Crippen LogP contribution in [0.2, 0.25) is 0 Å². The summed E-state index contributed by atoms with van der Waals surface area (Å²) in [5.41, 5.74) is 4.91. The van der Waals surface area contributed by atoms with Crippen molar-refractivity contribution in [3.8, 4) is 0 Å². The van der Waals surface area contributed by atoms with Crippen LogP contribution in [-0.2, 0) is 0 Å². The van der Waals surface area contributed by atoms with E-state index < -0.39 is 0 Å². The number of hydrogen-bond donors (Lipinski definition) is 1. The molecule has 0 aromatic heterocycles. The molecule has 0 saturated heterocycles. The highest BCUT2D eigenvalue weighted by molar-refractivity contribution is 5.85. The Balaban J connectivity index is -0.0000000575. The van der Waals surface area contributed by atoms with Gasteiger partial charge in [0.25, 0.3) is 0 Å². The summed E-state index contributed by atoms with van der Waals surface area (Å²) in [7, 11) is 0. The third-order valence-corrected chi connectivity index (χ3v) is 0.167. The minimum absolute atomic E-state index is 0. The first-order chi connectivity index (χ1) is 3.33. The Morgan fingerprint density at radius 3 is 1.50 bits per heavy atom. The summed E-state index contributed by atoms with van der Waals surface area (Å²) in [6.07, 6.45) is 3.15. The lowest BCUT2D eigenvalue weighted by Crippen LogP contribution is -1.90. The van der Waals surface area contributed by atoms with E-state index in [1.54, 1.807) is 6.08 Å². The topological polar surface area (TPSA) is 26.0 Å². The standard InChI is InChI=1S/C3H7N.C3H5.ClH/c1-2-3-4;1-3-2;/h2H,1,3-4H2;3H,1-2H2;1H. The summed E-state index contributed by atoms with van der Waals surface area (Å²) in [4.78, 5) is 0. The van der Waals surface area contributed by atoms with Crippen molar-refractivity contribution in [3.05, 3.63) is 32.2 Å². The van der Waals surface area contributed by atoms with Crippen LogP contribution in [0.3, 0.4) is 0 Å². The Morgan fingerprint density at radius 1 is 1.38 bits per heavy atom. The van der Waals surface area contributed by atoms with Gasteiger partial charge in [-0.2, -0.15) is 0 Å². The highest BCUT2D eigenvalue weighted by Crippen LogP contribution is 1.40. The van der Waals surface area contributed by atoms with Gasteiger partial charge in [0.05, 0.1) is 0 Å². The molecule has 0 fully saturated rings. The van der Waals surface area contributed by atoms with Crippen molar-refractivity contribution < 1.29 is 0 Å². The molecule has 0 aromatic rings. The molecule has 49 valence electrons. The van der Waals surface area contributed by atoms with Crippen LogP contribution in [0.1, 0.15) is 0 Å². The molecule has 2 N–H and O–H groups in total. The number of nitrogens with two attached hydrogens (primary N) is 1. The van der Waals surface area contributed by atoms with Crippen LogP contribution >= 0.6 is 12.4 Å². The predicted octanol–water partition coefficient (Wildman–Crippen LogP) is 1.56. The lowest BCUT2D eigenvalue weighted by Gasteiger charge is -1.61. The van der Waals surface area contributed by atoms with E-state index >= 15 is 0 Å². The zero-order valence-electron chi connectivity index (χ0n) is 4.97. The summed E-state index contributed by atoms with van der Waals surface area (Å²) in [5.74, 6) is 0. The van der Waals surface area contributed by atoms with Gasteiger partial charge in [-0.15, -0.1) is 25.6 Å². The zero-order chi connectivity index (χ0) is 6.12. The number of rotatable bonds is 1. The Morgan fingerprint density at radius 2 is 1.50 bits per heavy atom. The van der Waals surface area contributed by atoms with Gasteiger partial charge in [0.1, 0.15) is 0 Å². The molecular formula is C6H13ClN. The van der Waals surface area contributed by atoms with Crippen molar-refractivity contribution >= 4 is 12.4 Å². The van der Waals surface area contributed by atoms with Crippen molar-refractivity contribution in [3.63, 3.8) is 0 Å². The van der Waals surface area contributed by atoms with E-state index in [1.165, 1.54) is 6.08 Å². The molecule has 0 saturated carbocycles. The highest BCUT2D eigenvalue weighted by atomic mass is 35.5. The van der Waals surface area contributed by atoms with E-state index in [1.807, 2.05) is 0 Å². The van der Waals surface area contributed by atoms with Gasteiger partial charge < -0.3 is 5.73 Å². The molecule has 0 aliphatic rings. The maximum atomic E-state index is 4.91. The number of hydrogen-bond acceptors (Lipinski definition) is 1. The van der Waals surface area contributed by atoms with Crippen molar-refractivity contribution in [2.45, 2.75) is 0 Å². The lowest BCUT2D eigenvalue weighted by atomic mass is 10.7. The van der Waals surface area contributed by atoms with Crippen LogP contribution in [-0.4, -0.2) is 6.54 Å². The highest BCUT2D eigenvalue weighted by Gasteiger charge is 1.43. The minimum atomic E-state index is 0. The van der Waals surface area contributed by atoms with E-state index in [2.05, 4.69) is 20.1 Å². The molecular weight excluding hydrogens is 122 g/mol. The van der Waals surface area contributed by atoms with Crippen LogP contribution in [0.15, 0.2) is 25.3 Å². The molecule has 2 heteroatoms. The quantitative estimate of drug-likeness (QED) is 0.542. The Hall–Kier alpha value is -0.270. The fourth-order valence-corrected chi connectivity index (χ4v) is 0. The predicted molar refractivity (Wildman–Crippen MR) is 42.1 cm³/mol. The van der Waals surface area contributed by atoms with Gasteiger partial charge in [0.15, 0.2) is 0 Å². The molecule has 0 atom stereocenters. The number of allylic oxidation sites excluding steroid dienone is 1. The second kappa shape index (κ2) is 29.6. The average molecular weight is 135 g/mol. The lowest BCUT2D eigenvalue weighted by molar-refractivity contribution is 1.26. The molecule has 0 aliphatic carbocycles. The monoisotopic (exact) mass is 134 g/mol. The second-order valence-electron chi connectivity index (χ2n) is 0.813. The van der Waals surface area contributed by atoms with Gasteiger partial charge >= 0.3 is 0 Å². The van der Waals surface area contributed by atoms with Gasteiger partial charge in [-0.25, -0.2) is 0 Å². The van der Waals surface area contributed by atoms with Crippen molar-refractivity contribution in [2.75, 3.05) is 6.54 Å². The SMILES string of the molecule is C=CCN.Cl.[CH2]C=C. The fourth-order valence-electron chi connectivity index (χ4n) is 0. The van der Waals surface area contributed by atoms with Crippen LogP contribution in [0.4, 0.5) is 0 Å². The molecule has 0 aromatic carbocycles. The average Bonchev–Trinajstić information content (AvgIpc) is 1.69. The van der Waals surface area contributed by atoms with E-state index in [9.17, 15) is 0 Å². The van der Waals surface area contributed by atoms with E-state index in [-0.39, 0.29) is 12.4 Å². The Kier molecular flexibility index (Phi) is 58.0. The van der Waals surface area contributed by atoms with Crippen molar-refractivity contribution in [1.82, 2.24) is 0 Å². The second-order valence-corrected chi connectivity index (χ2v) is 0.813. The van der Waals surface area contributed by atoms with Crippen LogP contribution < -0.4 is 5.73 Å². The molecule has 8 heavy (non-hydrogen) atoms. The molecule has 0 rings (SSSR count). The summed E-state index contributed by atoms with van der Waals surface area (Å²) in [5, 5.41) is 0. The van der Waals surface area contributed by atoms with Crippen molar-refractivity contribution in [2.24, 2.45) is 5.73 Å². The molecule has 1 radical (unpaired) electrons. The van der Waals surface area contributed by atoms with Crippen LogP contribution in [0.25, 0.3) is 0 Å². The van der Waals surface area contributed by atoms with Crippen LogP contribution in [0.5, 0.6) is 0 Å². The normalized spacial score (nSPS) is 4.75. The van der Waals surface area contributed by atoms with Gasteiger partial charge in [-0.05, 0) is 6.92 Å². The first-order valence-electron chi connectivity index (χ1n) is 2.04. The van der Waals surface area contributed by atoms with Crippen LogP contribution in [0, 0.1) is 6.92 Å². The fraction of sp³-hybridized carbons (Fsp3) is 0.167. The molecule has 0 heterocycles. The van der Waals surface area contributed by atoms with Gasteiger partial charge in [-0.1, -0.05) is 12.2 Å². The third kappa shape index (κ3) is 241. The molecule has 0 amide bonds. The largest absolute Gasteiger partial charge is 0.327 e.